The van der Waals surface area contributed by atoms with Crippen LogP contribution in [0, 0.1) is 0 Å². The molecule has 0 saturated carbocycles. The van der Waals surface area contributed by atoms with Gasteiger partial charge in [0, 0.05) is 17.1 Å². The number of rotatable bonds is 10. The fourth-order valence-electron chi connectivity index (χ4n) is 4.04. The minimum Gasteiger partial charge on any atom is -0.466 e. The Bertz CT molecular complexity index is 1190. The van der Waals surface area contributed by atoms with E-state index in [2.05, 4.69) is 15.3 Å². The molecule has 0 bridgehead atoms. The first-order chi connectivity index (χ1) is 16.0. The van der Waals surface area contributed by atoms with Crippen LogP contribution in [0.4, 0.5) is 0 Å². The molecule has 0 aliphatic heterocycles. The molecule has 3 aromatic rings. The summed E-state index contributed by atoms with van der Waals surface area (Å²) in [7, 11) is 0. The Morgan fingerprint density at radius 2 is 2.09 bits per heavy atom. The van der Waals surface area contributed by atoms with Crippen molar-refractivity contribution < 1.29 is 14.3 Å². The predicted molar refractivity (Wildman–Crippen MR) is 132 cm³/mol. The van der Waals surface area contributed by atoms with Gasteiger partial charge < -0.3 is 15.0 Å². The number of esters is 1. The number of benzene rings is 1. The number of nitrogens with one attached hydrogen (secondary N) is 2. The van der Waals surface area contributed by atoms with Gasteiger partial charge in [-0.05, 0) is 37.3 Å². The zero-order valence-electron chi connectivity index (χ0n) is 18.5. The van der Waals surface area contributed by atoms with Crippen molar-refractivity contribution in [1.29, 1.82) is 0 Å². The fourth-order valence-corrected chi connectivity index (χ4v) is 6.12. The van der Waals surface area contributed by atoms with Gasteiger partial charge in [-0.15, -0.1) is 11.3 Å². The van der Waals surface area contributed by atoms with E-state index in [-0.39, 0.29) is 23.9 Å². The third kappa shape index (κ3) is 5.83. The summed E-state index contributed by atoms with van der Waals surface area (Å²) in [4.78, 5) is 46.7. The smallest absolute Gasteiger partial charge is 0.308 e. The lowest BCUT2D eigenvalue weighted by molar-refractivity contribution is -0.143. The average Bonchev–Trinajstić information content (AvgIpc) is 3.38. The molecular weight excluding hydrogens is 458 g/mol. The maximum Gasteiger partial charge on any atom is 0.308 e. The molecule has 1 aromatic carbocycles. The molecule has 1 aliphatic rings. The first-order valence-electron chi connectivity index (χ1n) is 11.2. The number of aromatic nitrogens is 2. The first kappa shape index (κ1) is 23.5. The number of carbonyl (C=O) groups is 2. The molecule has 0 fully saturated rings. The molecule has 1 amide bonds. The van der Waals surface area contributed by atoms with Gasteiger partial charge in [-0.3, -0.25) is 14.4 Å². The first-order valence-corrected chi connectivity index (χ1v) is 13.1. The number of nitrogens with zero attached hydrogens (tertiary/aromatic N) is 1. The van der Waals surface area contributed by atoms with Crippen molar-refractivity contribution in [3.05, 3.63) is 62.5 Å². The standard InChI is InChI=1S/C24H27N3O4S2/c1-2-31-21(29)13-17(15-7-4-3-5-8-15)25-20(28)11-12-32-14-19-26-23(30)22-16-9-6-10-18(16)33-24(22)27-19/h3-5,7-8,17H,2,6,9-14H2,1H3,(H,25,28)(H,26,27,30). The quantitative estimate of drug-likeness (QED) is 0.334. The van der Waals surface area contributed by atoms with Gasteiger partial charge in [0.25, 0.3) is 5.56 Å². The van der Waals surface area contributed by atoms with Gasteiger partial charge in [-0.25, -0.2) is 4.98 Å². The fraction of sp³-hybridized carbons (Fsp3) is 0.417. The van der Waals surface area contributed by atoms with Crippen molar-refractivity contribution in [2.24, 2.45) is 0 Å². The second-order valence-electron chi connectivity index (χ2n) is 7.89. The van der Waals surface area contributed by atoms with Crippen LogP contribution in [-0.4, -0.2) is 34.2 Å². The molecule has 1 unspecified atom stereocenters. The summed E-state index contributed by atoms with van der Waals surface area (Å²) in [5.74, 6) is 1.28. The van der Waals surface area contributed by atoms with Crippen molar-refractivity contribution in [2.45, 2.75) is 50.8 Å². The number of aryl methyl sites for hydroxylation is 2. The van der Waals surface area contributed by atoms with Crippen LogP contribution < -0.4 is 10.9 Å². The average molecular weight is 486 g/mol. The molecule has 174 valence electrons. The number of hydrogen-bond acceptors (Lipinski definition) is 7. The van der Waals surface area contributed by atoms with Gasteiger partial charge in [0.15, 0.2) is 0 Å². The molecule has 4 rings (SSSR count). The van der Waals surface area contributed by atoms with Crippen LogP contribution in [0.1, 0.15) is 54.1 Å². The number of aromatic amines is 1. The van der Waals surface area contributed by atoms with E-state index in [1.165, 1.54) is 10.4 Å². The lowest BCUT2D eigenvalue weighted by atomic mass is 10.0. The molecule has 7 nitrogen and oxygen atoms in total. The van der Waals surface area contributed by atoms with Crippen LogP contribution in [0.25, 0.3) is 10.2 Å². The van der Waals surface area contributed by atoms with E-state index in [1.807, 2.05) is 30.3 Å². The minimum absolute atomic E-state index is 0.0580. The summed E-state index contributed by atoms with van der Waals surface area (Å²) >= 11 is 3.18. The number of carbonyl (C=O) groups excluding carboxylic acids is 2. The highest BCUT2D eigenvalue weighted by Gasteiger charge is 2.21. The summed E-state index contributed by atoms with van der Waals surface area (Å²) in [6.45, 7) is 2.07. The maximum atomic E-state index is 12.6. The second kappa shape index (κ2) is 11.0. The lowest BCUT2D eigenvalue weighted by Crippen LogP contribution is -2.30. The Hall–Kier alpha value is -2.65. The maximum absolute atomic E-state index is 12.6. The van der Waals surface area contributed by atoms with Crippen LogP contribution in [0.3, 0.4) is 0 Å². The highest BCUT2D eigenvalue weighted by atomic mass is 32.2. The highest BCUT2D eigenvalue weighted by molar-refractivity contribution is 7.98. The lowest BCUT2D eigenvalue weighted by Gasteiger charge is -2.18. The topological polar surface area (TPSA) is 101 Å². The van der Waals surface area contributed by atoms with E-state index in [9.17, 15) is 14.4 Å². The van der Waals surface area contributed by atoms with Gasteiger partial charge in [-0.2, -0.15) is 11.8 Å². The monoisotopic (exact) mass is 485 g/mol. The third-order valence-electron chi connectivity index (χ3n) is 5.55. The molecule has 0 radical (unpaired) electrons. The Morgan fingerprint density at radius 3 is 2.88 bits per heavy atom. The number of fused-ring (bicyclic) bond motifs is 3. The van der Waals surface area contributed by atoms with E-state index in [1.54, 1.807) is 30.0 Å². The SMILES string of the molecule is CCOC(=O)CC(NC(=O)CCSCc1nc2sc3c(c2c(=O)[nH]1)CCC3)c1ccccc1. The van der Waals surface area contributed by atoms with Crippen LogP contribution in [0.2, 0.25) is 0 Å². The van der Waals surface area contributed by atoms with Crippen LogP contribution >= 0.6 is 23.1 Å². The van der Waals surface area contributed by atoms with Crippen LogP contribution in [0.15, 0.2) is 35.1 Å². The largest absolute Gasteiger partial charge is 0.466 e. The normalized spacial score (nSPS) is 13.6. The summed E-state index contributed by atoms with van der Waals surface area (Å²) < 4.78 is 5.05. The van der Waals surface area contributed by atoms with Crippen molar-refractivity contribution in [1.82, 2.24) is 15.3 Å². The minimum atomic E-state index is -0.427. The highest BCUT2D eigenvalue weighted by Crippen LogP contribution is 2.34. The zero-order valence-corrected chi connectivity index (χ0v) is 20.2. The summed E-state index contributed by atoms with van der Waals surface area (Å²) in [6, 6.07) is 8.99. The van der Waals surface area contributed by atoms with Crippen molar-refractivity contribution >= 4 is 45.2 Å². The molecular formula is C24H27N3O4S2. The zero-order chi connectivity index (χ0) is 23.2. The van der Waals surface area contributed by atoms with Crippen molar-refractivity contribution in [2.75, 3.05) is 12.4 Å². The molecule has 9 heteroatoms. The van der Waals surface area contributed by atoms with Gasteiger partial charge in [0.1, 0.15) is 10.7 Å². The van der Waals surface area contributed by atoms with Gasteiger partial charge in [0.2, 0.25) is 5.91 Å². The Morgan fingerprint density at radius 1 is 1.27 bits per heavy atom. The van der Waals surface area contributed by atoms with E-state index in [4.69, 9.17) is 4.74 Å². The number of thiophene rings is 1. The van der Waals surface area contributed by atoms with E-state index in [0.29, 0.717) is 30.4 Å². The Labute approximate surface area is 200 Å². The van der Waals surface area contributed by atoms with E-state index < -0.39 is 6.04 Å². The molecule has 1 atom stereocenters. The second-order valence-corrected chi connectivity index (χ2v) is 10.1. The number of hydrogen-bond donors (Lipinski definition) is 2. The van der Waals surface area contributed by atoms with Gasteiger partial charge in [-0.1, -0.05) is 30.3 Å². The van der Waals surface area contributed by atoms with Gasteiger partial charge in [0.05, 0.1) is 30.2 Å². The predicted octanol–water partition coefficient (Wildman–Crippen LogP) is 3.91. The van der Waals surface area contributed by atoms with Crippen LogP contribution in [-0.2, 0) is 32.9 Å². The van der Waals surface area contributed by atoms with Crippen molar-refractivity contribution in [3.63, 3.8) is 0 Å². The number of thioether (sulfide) groups is 1. The number of H-pyrrole nitrogens is 1. The Balaban J connectivity index is 1.30. The third-order valence-corrected chi connectivity index (χ3v) is 7.71. The van der Waals surface area contributed by atoms with Crippen LogP contribution in [0.5, 0.6) is 0 Å². The molecule has 2 aromatic heterocycles. The Kier molecular flexibility index (Phi) is 7.82. The molecule has 0 saturated heterocycles. The van der Waals surface area contributed by atoms with Gasteiger partial charge >= 0.3 is 5.97 Å². The number of amides is 1. The molecule has 33 heavy (non-hydrogen) atoms. The van der Waals surface area contributed by atoms with Crippen molar-refractivity contribution in [3.8, 4) is 0 Å². The summed E-state index contributed by atoms with van der Waals surface area (Å²) in [5.41, 5.74) is 1.98. The summed E-state index contributed by atoms with van der Waals surface area (Å²) in [5, 5.41) is 3.71. The summed E-state index contributed by atoms with van der Waals surface area (Å²) in [6.07, 6.45) is 3.50. The number of ether oxygens (including phenoxy) is 1. The van der Waals surface area contributed by atoms with E-state index >= 15 is 0 Å². The van der Waals surface area contributed by atoms with E-state index in [0.717, 1.165) is 35.0 Å². The molecule has 2 heterocycles. The molecule has 2 N–H and O–H groups in total. The molecule has 0 spiro atoms. The molecule has 1 aliphatic carbocycles.